The lowest BCUT2D eigenvalue weighted by Gasteiger charge is -2.14. The lowest BCUT2D eigenvalue weighted by atomic mass is 10.3. The van der Waals surface area contributed by atoms with E-state index in [4.69, 9.17) is 18.9 Å². The molecular weight excluding hydrogens is 421 g/mol. The summed E-state index contributed by atoms with van der Waals surface area (Å²) in [4.78, 5) is 31.6. The normalized spacial score (nSPS) is 11.5. The summed E-state index contributed by atoms with van der Waals surface area (Å²) in [5.41, 5.74) is 0.937. The number of hydrogen-bond acceptors (Lipinski definition) is 8. The van der Waals surface area contributed by atoms with Crippen molar-refractivity contribution >= 4 is 23.1 Å². The molecule has 1 heterocycles. The van der Waals surface area contributed by atoms with Gasteiger partial charge in [-0.15, -0.1) is 0 Å². The molecule has 168 valence electrons. The maximum Gasteiger partial charge on any atom is 0.407 e. The molecule has 2 aromatic carbocycles. The monoisotopic (exact) mass is 443 g/mol. The third kappa shape index (κ3) is 6.53. The Labute approximate surface area is 183 Å². The van der Waals surface area contributed by atoms with Crippen LogP contribution in [-0.4, -0.2) is 47.9 Å². The first kappa shape index (κ1) is 22.7. The van der Waals surface area contributed by atoms with Crippen molar-refractivity contribution in [1.29, 1.82) is 0 Å². The summed E-state index contributed by atoms with van der Waals surface area (Å²) in [5.74, 6) is 0.215. The summed E-state index contributed by atoms with van der Waals surface area (Å²) < 4.78 is 34.2. The summed E-state index contributed by atoms with van der Waals surface area (Å²) in [6, 6.07) is 10.7. The predicted octanol–water partition coefficient (Wildman–Crippen LogP) is 3.62. The van der Waals surface area contributed by atoms with Gasteiger partial charge in [0.2, 0.25) is 5.88 Å². The lowest BCUT2D eigenvalue weighted by Crippen LogP contribution is -2.31. The number of amides is 1. The van der Waals surface area contributed by atoms with Crippen LogP contribution < -0.4 is 14.8 Å². The summed E-state index contributed by atoms with van der Waals surface area (Å²) in [6.45, 7) is 3.64. The van der Waals surface area contributed by atoms with Crippen LogP contribution in [0.2, 0.25) is 0 Å². The molecule has 3 rings (SSSR count). The van der Waals surface area contributed by atoms with Gasteiger partial charge in [-0.05, 0) is 50.2 Å². The highest BCUT2D eigenvalue weighted by Gasteiger charge is 2.16. The van der Waals surface area contributed by atoms with Gasteiger partial charge in [0.1, 0.15) is 23.9 Å². The number of nitrogens with one attached hydrogen (secondary N) is 1. The Balaban J connectivity index is 1.48. The number of carbonyl (C=O) groups excluding carboxylic acids is 2. The number of alkyl carbamates (subject to hydrolysis) is 1. The molecule has 0 aliphatic rings. The van der Waals surface area contributed by atoms with E-state index in [2.05, 4.69) is 15.3 Å². The Morgan fingerprint density at radius 1 is 1.06 bits per heavy atom. The molecule has 32 heavy (non-hydrogen) atoms. The smallest absolute Gasteiger partial charge is 0.407 e. The number of esters is 1. The first-order valence-electron chi connectivity index (χ1n) is 9.88. The summed E-state index contributed by atoms with van der Waals surface area (Å²) in [5, 5.41) is 2.45. The van der Waals surface area contributed by atoms with Gasteiger partial charge in [0, 0.05) is 6.07 Å². The second-order valence-corrected chi connectivity index (χ2v) is 6.49. The topological polar surface area (TPSA) is 109 Å². The van der Waals surface area contributed by atoms with E-state index in [-0.39, 0.29) is 31.5 Å². The maximum atomic E-state index is 13.2. The fourth-order valence-corrected chi connectivity index (χ4v) is 2.58. The molecule has 3 aromatic rings. The third-order valence-corrected chi connectivity index (χ3v) is 4.06. The quantitative estimate of drug-likeness (QED) is 0.395. The predicted molar refractivity (Wildman–Crippen MR) is 112 cm³/mol. The van der Waals surface area contributed by atoms with Crippen molar-refractivity contribution in [3.8, 4) is 17.4 Å². The maximum absolute atomic E-state index is 13.2. The van der Waals surface area contributed by atoms with Gasteiger partial charge in [0.25, 0.3) is 0 Å². The van der Waals surface area contributed by atoms with Crippen LogP contribution in [0.5, 0.6) is 17.4 Å². The Kier molecular flexibility index (Phi) is 7.74. The molecule has 1 amide bonds. The third-order valence-electron chi connectivity index (χ3n) is 4.06. The summed E-state index contributed by atoms with van der Waals surface area (Å²) in [6.07, 6.45) is -0.0176. The van der Waals surface area contributed by atoms with Gasteiger partial charge in [-0.1, -0.05) is 0 Å². The van der Waals surface area contributed by atoms with Crippen LogP contribution >= 0.6 is 0 Å². The molecule has 0 fully saturated rings. The number of carbonyl (C=O) groups is 2. The zero-order valence-corrected chi connectivity index (χ0v) is 17.5. The minimum atomic E-state index is -0.851. The number of rotatable bonds is 9. The fraction of sp³-hybridized carbons (Fsp3) is 0.273. The molecular formula is C22H22FN3O6. The molecule has 1 N–H and O–H groups in total. The van der Waals surface area contributed by atoms with Gasteiger partial charge >= 0.3 is 12.1 Å². The second kappa shape index (κ2) is 10.9. The summed E-state index contributed by atoms with van der Waals surface area (Å²) >= 11 is 0. The van der Waals surface area contributed by atoms with E-state index < -0.39 is 18.2 Å². The zero-order valence-electron chi connectivity index (χ0n) is 17.5. The lowest BCUT2D eigenvalue weighted by molar-refractivity contribution is -0.150. The summed E-state index contributed by atoms with van der Waals surface area (Å²) in [7, 11) is 0. The molecule has 0 radical (unpaired) electrons. The number of benzene rings is 2. The minimum Gasteiger partial charge on any atom is -0.479 e. The van der Waals surface area contributed by atoms with E-state index >= 15 is 0 Å². The van der Waals surface area contributed by atoms with Crippen molar-refractivity contribution in [3.05, 3.63) is 54.5 Å². The molecule has 1 aromatic heterocycles. The van der Waals surface area contributed by atoms with Crippen molar-refractivity contribution in [2.75, 3.05) is 19.8 Å². The van der Waals surface area contributed by atoms with Crippen molar-refractivity contribution in [2.45, 2.75) is 20.0 Å². The molecule has 0 spiro atoms. The molecule has 0 aliphatic heterocycles. The average Bonchev–Trinajstić information content (AvgIpc) is 2.78. The molecule has 0 saturated heterocycles. The van der Waals surface area contributed by atoms with Crippen molar-refractivity contribution < 1.29 is 32.9 Å². The number of hydrogen-bond donors (Lipinski definition) is 1. The zero-order chi connectivity index (χ0) is 22.9. The number of fused-ring (bicyclic) bond motifs is 1. The van der Waals surface area contributed by atoms with Gasteiger partial charge in [0.15, 0.2) is 6.10 Å². The highest BCUT2D eigenvalue weighted by molar-refractivity contribution is 5.75. The molecule has 0 saturated carbocycles. The van der Waals surface area contributed by atoms with Gasteiger partial charge in [0.05, 0.1) is 30.4 Å². The molecule has 1 unspecified atom stereocenters. The van der Waals surface area contributed by atoms with Gasteiger partial charge in [-0.3, -0.25) is 0 Å². The Bertz CT molecular complexity index is 1080. The fourth-order valence-electron chi connectivity index (χ4n) is 2.58. The van der Waals surface area contributed by atoms with E-state index in [9.17, 15) is 14.0 Å². The van der Waals surface area contributed by atoms with Crippen LogP contribution in [0.15, 0.2) is 48.7 Å². The van der Waals surface area contributed by atoms with E-state index in [1.54, 1.807) is 38.1 Å². The highest BCUT2D eigenvalue weighted by atomic mass is 19.1. The number of aromatic nitrogens is 2. The largest absolute Gasteiger partial charge is 0.479 e. The number of nitrogens with zero attached hydrogens (tertiary/aromatic N) is 2. The second-order valence-electron chi connectivity index (χ2n) is 6.49. The molecule has 9 nitrogen and oxygen atoms in total. The van der Waals surface area contributed by atoms with Crippen LogP contribution in [0, 0.1) is 5.82 Å². The van der Waals surface area contributed by atoms with Crippen LogP contribution in [-0.2, 0) is 14.3 Å². The Morgan fingerprint density at radius 3 is 2.56 bits per heavy atom. The van der Waals surface area contributed by atoms with Gasteiger partial charge in [-0.2, -0.15) is 0 Å². The first-order chi connectivity index (χ1) is 15.4. The highest BCUT2D eigenvalue weighted by Crippen LogP contribution is 2.24. The van der Waals surface area contributed by atoms with Crippen molar-refractivity contribution in [1.82, 2.24) is 15.3 Å². The molecule has 1 atom stereocenters. The first-order valence-corrected chi connectivity index (χ1v) is 9.88. The van der Waals surface area contributed by atoms with Gasteiger partial charge in [-0.25, -0.2) is 23.9 Å². The van der Waals surface area contributed by atoms with Crippen molar-refractivity contribution in [3.63, 3.8) is 0 Å². The standard InChI is InChI=1S/C22H22FN3O6/c1-3-29-22(28)24-10-11-30-21(27)14(2)31-16-5-7-17(8-6-16)32-20-13-25-19-12-15(23)4-9-18(19)26-20/h4-9,12-14H,3,10-11H2,1-2H3,(H,24,28). The number of ether oxygens (including phenoxy) is 4. The minimum absolute atomic E-state index is 0.00242. The average molecular weight is 443 g/mol. The Morgan fingerprint density at radius 2 is 1.81 bits per heavy atom. The van der Waals surface area contributed by atoms with Crippen LogP contribution in [0.3, 0.4) is 0 Å². The van der Waals surface area contributed by atoms with Crippen LogP contribution in [0.4, 0.5) is 9.18 Å². The van der Waals surface area contributed by atoms with Crippen molar-refractivity contribution in [2.24, 2.45) is 0 Å². The van der Waals surface area contributed by atoms with Gasteiger partial charge < -0.3 is 24.3 Å². The van der Waals surface area contributed by atoms with E-state index in [1.807, 2.05) is 0 Å². The van der Waals surface area contributed by atoms with E-state index in [1.165, 1.54) is 24.4 Å². The number of halogens is 1. The van der Waals surface area contributed by atoms with E-state index in [0.717, 1.165) is 0 Å². The molecule has 0 aliphatic carbocycles. The Hall–Kier alpha value is -3.95. The molecule has 10 heteroatoms. The molecule has 0 bridgehead atoms. The van der Waals surface area contributed by atoms with Crippen LogP contribution in [0.1, 0.15) is 13.8 Å². The van der Waals surface area contributed by atoms with E-state index in [0.29, 0.717) is 22.5 Å². The SMILES string of the molecule is CCOC(=O)NCCOC(=O)C(C)Oc1ccc(Oc2cnc3cc(F)ccc3n2)cc1. The van der Waals surface area contributed by atoms with Crippen LogP contribution in [0.25, 0.3) is 11.0 Å².